The van der Waals surface area contributed by atoms with Crippen LogP contribution in [0.4, 0.5) is 0 Å². The van der Waals surface area contributed by atoms with Crippen LogP contribution in [0.15, 0.2) is 78.9 Å². The Bertz CT molecular complexity index is 1280. The van der Waals surface area contributed by atoms with Gasteiger partial charge in [0.05, 0.1) is 6.61 Å². The fourth-order valence-electron chi connectivity index (χ4n) is 5.29. The first kappa shape index (κ1) is 24.2. The highest BCUT2D eigenvalue weighted by Crippen LogP contribution is 2.34. The minimum atomic E-state index is 0.257. The van der Waals surface area contributed by atoms with Crippen molar-refractivity contribution < 1.29 is 14.9 Å². The van der Waals surface area contributed by atoms with Gasteiger partial charge in [0.15, 0.2) is 0 Å². The monoisotopic (exact) mass is 481 g/mol. The zero-order valence-electron chi connectivity index (χ0n) is 20.7. The van der Waals surface area contributed by atoms with E-state index in [1.807, 2.05) is 30.3 Å². The molecular formula is C32H35NO3. The van der Waals surface area contributed by atoms with Crippen molar-refractivity contribution in [1.29, 1.82) is 0 Å². The lowest BCUT2D eigenvalue weighted by atomic mass is 9.90. The van der Waals surface area contributed by atoms with E-state index in [0.29, 0.717) is 0 Å². The highest BCUT2D eigenvalue weighted by Gasteiger charge is 2.13. The number of hydrogen-bond acceptors (Lipinski definition) is 4. The third-order valence-electron chi connectivity index (χ3n) is 7.33. The topological polar surface area (TPSA) is 61.7 Å². The average molecular weight is 482 g/mol. The predicted octanol–water partition coefficient (Wildman–Crippen LogP) is 7.06. The maximum Gasteiger partial charge on any atom is 0.119 e. The summed E-state index contributed by atoms with van der Waals surface area (Å²) < 4.78 is 6.02. The van der Waals surface area contributed by atoms with Crippen LogP contribution in [0, 0.1) is 5.92 Å². The van der Waals surface area contributed by atoms with E-state index in [9.17, 15) is 10.2 Å². The van der Waals surface area contributed by atoms with Gasteiger partial charge in [0.1, 0.15) is 17.2 Å². The zero-order valence-corrected chi connectivity index (χ0v) is 20.7. The number of phenols is 2. The number of benzene rings is 4. The number of rotatable bonds is 9. The second kappa shape index (κ2) is 11.5. The summed E-state index contributed by atoms with van der Waals surface area (Å²) in [4.78, 5) is 0. The quantitative estimate of drug-likeness (QED) is 0.224. The number of piperidine rings is 1. The Morgan fingerprint density at radius 3 is 2.31 bits per heavy atom. The Morgan fingerprint density at radius 1 is 0.778 bits per heavy atom. The number of nitrogens with one attached hydrogen (secondary N) is 1. The highest BCUT2D eigenvalue weighted by atomic mass is 16.5. The highest BCUT2D eigenvalue weighted by molar-refractivity contribution is 5.93. The SMILES string of the molecule is Oc1ccc(-c2ccc3cc(O)ccc3c2Cc2ccc(OCCCCC3CCNCC3)cc2)cc1. The van der Waals surface area contributed by atoms with Gasteiger partial charge in [-0.25, -0.2) is 0 Å². The largest absolute Gasteiger partial charge is 0.508 e. The third kappa shape index (κ3) is 6.00. The van der Waals surface area contributed by atoms with Gasteiger partial charge in [-0.3, -0.25) is 0 Å². The van der Waals surface area contributed by atoms with Gasteiger partial charge in [-0.05, 0) is 121 Å². The fourth-order valence-corrected chi connectivity index (χ4v) is 5.29. The first-order valence-corrected chi connectivity index (χ1v) is 13.1. The number of aromatic hydroxyl groups is 2. The molecule has 36 heavy (non-hydrogen) atoms. The molecule has 3 N–H and O–H groups in total. The first-order valence-electron chi connectivity index (χ1n) is 13.1. The minimum absolute atomic E-state index is 0.257. The molecule has 0 saturated carbocycles. The van der Waals surface area contributed by atoms with Crippen molar-refractivity contribution in [3.63, 3.8) is 0 Å². The summed E-state index contributed by atoms with van der Waals surface area (Å²) >= 11 is 0. The molecule has 1 fully saturated rings. The molecule has 186 valence electrons. The molecule has 1 aliphatic heterocycles. The van der Waals surface area contributed by atoms with Gasteiger partial charge in [0, 0.05) is 0 Å². The normalized spacial score (nSPS) is 14.2. The van der Waals surface area contributed by atoms with E-state index in [1.54, 1.807) is 18.2 Å². The summed E-state index contributed by atoms with van der Waals surface area (Å²) in [5.41, 5.74) is 4.59. The number of unbranched alkanes of at least 4 members (excludes halogenated alkanes) is 1. The van der Waals surface area contributed by atoms with Crippen LogP contribution in [0.25, 0.3) is 21.9 Å². The molecule has 4 aromatic rings. The molecular weight excluding hydrogens is 446 g/mol. The minimum Gasteiger partial charge on any atom is -0.508 e. The predicted molar refractivity (Wildman–Crippen MR) is 147 cm³/mol. The molecule has 4 heteroatoms. The molecule has 1 heterocycles. The van der Waals surface area contributed by atoms with Gasteiger partial charge >= 0.3 is 0 Å². The first-order chi connectivity index (χ1) is 17.7. The Kier molecular flexibility index (Phi) is 7.73. The van der Waals surface area contributed by atoms with Crippen LogP contribution < -0.4 is 10.1 Å². The molecule has 4 aromatic carbocycles. The lowest BCUT2D eigenvalue weighted by molar-refractivity contribution is 0.287. The standard InChI is InChI=1S/C32H35NO3/c34-27-9-6-25(7-10-27)30-14-8-26-22-28(35)11-15-31(26)32(30)21-24-4-12-29(13-5-24)36-20-2-1-3-23-16-18-33-19-17-23/h4-15,22-23,33-35H,1-3,16-21H2. The number of phenolic OH excluding ortho intramolecular Hbond substituents is 2. The van der Waals surface area contributed by atoms with Crippen molar-refractivity contribution in [2.75, 3.05) is 19.7 Å². The van der Waals surface area contributed by atoms with Crippen LogP contribution in [-0.2, 0) is 6.42 Å². The van der Waals surface area contributed by atoms with Crippen molar-refractivity contribution in [1.82, 2.24) is 5.32 Å². The van der Waals surface area contributed by atoms with E-state index in [-0.39, 0.29) is 11.5 Å². The molecule has 0 radical (unpaired) electrons. The second-order valence-electron chi connectivity index (χ2n) is 9.90. The van der Waals surface area contributed by atoms with Crippen molar-refractivity contribution in [2.45, 2.75) is 38.5 Å². The van der Waals surface area contributed by atoms with Crippen LogP contribution in [0.1, 0.15) is 43.2 Å². The molecule has 1 aliphatic rings. The van der Waals surface area contributed by atoms with Crippen LogP contribution in [0.5, 0.6) is 17.2 Å². The molecule has 4 nitrogen and oxygen atoms in total. The molecule has 0 amide bonds. The smallest absolute Gasteiger partial charge is 0.119 e. The number of hydrogen-bond donors (Lipinski definition) is 3. The Hall–Kier alpha value is -3.50. The van der Waals surface area contributed by atoms with E-state index in [2.05, 4.69) is 35.6 Å². The summed E-state index contributed by atoms with van der Waals surface area (Å²) in [6.07, 6.45) is 7.04. The Morgan fingerprint density at radius 2 is 1.53 bits per heavy atom. The van der Waals surface area contributed by atoms with Crippen molar-refractivity contribution >= 4 is 10.8 Å². The summed E-state index contributed by atoms with van der Waals surface area (Å²) in [6, 6.07) is 25.4. The molecule has 0 aliphatic carbocycles. The number of fused-ring (bicyclic) bond motifs is 1. The van der Waals surface area contributed by atoms with E-state index in [1.165, 1.54) is 49.9 Å². The molecule has 0 atom stereocenters. The molecule has 0 aromatic heterocycles. The summed E-state index contributed by atoms with van der Waals surface area (Å²) in [5.74, 6) is 2.33. The van der Waals surface area contributed by atoms with E-state index in [0.717, 1.165) is 53.0 Å². The van der Waals surface area contributed by atoms with Crippen LogP contribution >= 0.6 is 0 Å². The second-order valence-corrected chi connectivity index (χ2v) is 9.90. The average Bonchev–Trinajstić information content (AvgIpc) is 2.90. The Balaban J connectivity index is 1.27. The maximum atomic E-state index is 9.98. The Labute approximate surface area is 213 Å². The van der Waals surface area contributed by atoms with E-state index >= 15 is 0 Å². The molecule has 0 spiro atoms. The van der Waals surface area contributed by atoms with Crippen LogP contribution in [0.2, 0.25) is 0 Å². The van der Waals surface area contributed by atoms with Crippen molar-refractivity contribution in [3.8, 4) is 28.4 Å². The van der Waals surface area contributed by atoms with Gasteiger partial charge in [-0.1, -0.05) is 48.9 Å². The van der Waals surface area contributed by atoms with Gasteiger partial charge in [-0.15, -0.1) is 0 Å². The zero-order chi connectivity index (χ0) is 24.7. The molecule has 1 saturated heterocycles. The van der Waals surface area contributed by atoms with E-state index < -0.39 is 0 Å². The van der Waals surface area contributed by atoms with Gasteiger partial charge in [0.2, 0.25) is 0 Å². The molecule has 0 bridgehead atoms. The summed E-state index contributed by atoms with van der Waals surface area (Å²) in [6.45, 7) is 3.11. The number of ether oxygens (including phenoxy) is 1. The lowest BCUT2D eigenvalue weighted by Crippen LogP contribution is -2.27. The van der Waals surface area contributed by atoms with Gasteiger partial charge in [0.25, 0.3) is 0 Å². The van der Waals surface area contributed by atoms with Gasteiger partial charge < -0.3 is 20.3 Å². The van der Waals surface area contributed by atoms with Crippen LogP contribution in [-0.4, -0.2) is 29.9 Å². The van der Waals surface area contributed by atoms with Crippen molar-refractivity contribution in [2.24, 2.45) is 5.92 Å². The third-order valence-corrected chi connectivity index (χ3v) is 7.33. The fraction of sp³-hybridized carbons (Fsp3) is 0.312. The van der Waals surface area contributed by atoms with E-state index in [4.69, 9.17) is 4.74 Å². The summed E-state index contributed by atoms with van der Waals surface area (Å²) in [7, 11) is 0. The van der Waals surface area contributed by atoms with Crippen LogP contribution in [0.3, 0.4) is 0 Å². The maximum absolute atomic E-state index is 9.98. The van der Waals surface area contributed by atoms with Gasteiger partial charge in [-0.2, -0.15) is 0 Å². The van der Waals surface area contributed by atoms with Crippen molar-refractivity contribution in [3.05, 3.63) is 90.0 Å². The summed E-state index contributed by atoms with van der Waals surface area (Å²) in [5, 5.41) is 25.3. The lowest BCUT2D eigenvalue weighted by Gasteiger charge is -2.22. The molecule has 0 unspecified atom stereocenters. The molecule has 5 rings (SSSR count).